The van der Waals surface area contributed by atoms with Crippen LogP contribution in [-0.4, -0.2) is 33.3 Å². The molecule has 0 saturated heterocycles. The summed E-state index contributed by atoms with van der Waals surface area (Å²) in [5.41, 5.74) is 0.638. The topological polar surface area (TPSA) is 84.2 Å². The summed E-state index contributed by atoms with van der Waals surface area (Å²) in [6.07, 6.45) is 3.64. The lowest BCUT2D eigenvalue weighted by atomic mass is 10.3. The molecule has 1 saturated carbocycles. The van der Waals surface area contributed by atoms with Crippen molar-refractivity contribution in [2.24, 2.45) is 5.92 Å². The molecular weight excluding hydrogens is 222 g/mol. The van der Waals surface area contributed by atoms with Crippen LogP contribution in [0.15, 0.2) is 6.20 Å². The van der Waals surface area contributed by atoms with Crippen molar-refractivity contribution < 1.29 is 14.7 Å². The van der Waals surface area contributed by atoms with Gasteiger partial charge in [-0.2, -0.15) is 5.10 Å². The third-order valence-electron chi connectivity index (χ3n) is 2.91. The number of nitrogens with one attached hydrogen (secondary N) is 1. The second-order valence-corrected chi connectivity index (χ2v) is 4.35. The highest BCUT2D eigenvalue weighted by atomic mass is 16.4. The third kappa shape index (κ3) is 2.83. The largest absolute Gasteiger partial charge is 0.478 e. The van der Waals surface area contributed by atoms with Crippen molar-refractivity contribution in [3.8, 4) is 0 Å². The molecule has 2 rings (SSSR count). The summed E-state index contributed by atoms with van der Waals surface area (Å²) in [5.74, 6) is -0.514. The van der Waals surface area contributed by atoms with Crippen LogP contribution in [0, 0.1) is 12.8 Å². The lowest BCUT2D eigenvalue weighted by Gasteiger charge is -2.06. The Balaban J connectivity index is 1.92. The van der Waals surface area contributed by atoms with E-state index in [1.165, 1.54) is 23.7 Å². The van der Waals surface area contributed by atoms with Crippen LogP contribution in [0.4, 0.5) is 0 Å². The van der Waals surface area contributed by atoms with E-state index in [1.807, 2.05) is 0 Å². The van der Waals surface area contributed by atoms with Crippen molar-refractivity contribution in [1.82, 2.24) is 15.1 Å². The molecule has 0 radical (unpaired) electrons. The van der Waals surface area contributed by atoms with Crippen LogP contribution in [0.25, 0.3) is 0 Å². The number of hydrogen-bond acceptors (Lipinski definition) is 3. The molecule has 6 nitrogen and oxygen atoms in total. The van der Waals surface area contributed by atoms with Crippen molar-refractivity contribution in [1.29, 1.82) is 0 Å². The molecule has 0 bridgehead atoms. The standard InChI is InChI=1S/C11H15N3O3/c1-7-9(11(16)17)5-13-14(7)6-10(15)12-4-8-2-3-8/h5,8H,2-4,6H2,1H3,(H,12,15)(H,16,17). The summed E-state index contributed by atoms with van der Waals surface area (Å²) in [6, 6.07) is 0. The Kier molecular flexibility index (Phi) is 3.12. The Morgan fingerprint density at radius 2 is 2.29 bits per heavy atom. The van der Waals surface area contributed by atoms with Crippen LogP contribution in [0.5, 0.6) is 0 Å². The SMILES string of the molecule is Cc1c(C(=O)O)cnn1CC(=O)NCC1CC1. The van der Waals surface area contributed by atoms with Crippen molar-refractivity contribution in [2.75, 3.05) is 6.54 Å². The maximum Gasteiger partial charge on any atom is 0.339 e. The second kappa shape index (κ2) is 4.57. The van der Waals surface area contributed by atoms with Crippen LogP contribution >= 0.6 is 0 Å². The van der Waals surface area contributed by atoms with Gasteiger partial charge >= 0.3 is 5.97 Å². The maximum absolute atomic E-state index is 11.6. The average Bonchev–Trinajstić information content (AvgIpc) is 3.02. The molecule has 1 aromatic rings. The molecule has 17 heavy (non-hydrogen) atoms. The fourth-order valence-corrected chi connectivity index (χ4v) is 1.59. The van der Waals surface area contributed by atoms with Gasteiger partial charge in [0.05, 0.1) is 11.9 Å². The van der Waals surface area contributed by atoms with E-state index in [0.717, 1.165) is 0 Å². The van der Waals surface area contributed by atoms with E-state index in [0.29, 0.717) is 18.2 Å². The highest BCUT2D eigenvalue weighted by molar-refractivity contribution is 5.88. The number of amides is 1. The number of nitrogens with zero attached hydrogens (tertiary/aromatic N) is 2. The zero-order valence-electron chi connectivity index (χ0n) is 9.64. The molecule has 0 unspecified atom stereocenters. The summed E-state index contributed by atoms with van der Waals surface area (Å²) in [7, 11) is 0. The average molecular weight is 237 g/mol. The molecule has 1 fully saturated rings. The van der Waals surface area contributed by atoms with Crippen molar-refractivity contribution in [3.63, 3.8) is 0 Å². The van der Waals surface area contributed by atoms with Gasteiger partial charge in [0.25, 0.3) is 0 Å². The van der Waals surface area contributed by atoms with Crippen LogP contribution in [0.1, 0.15) is 28.9 Å². The number of carboxylic acids is 1. The van der Waals surface area contributed by atoms with Crippen LogP contribution in [0.2, 0.25) is 0 Å². The van der Waals surface area contributed by atoms with Gasteiger partial charge in [-0.15, -0.1) is 0 Å². The fourth-order valence-electron chi connectivity index (χ4n) is 1.59. The molecule has 1 heterocycles. The van der Waals surface area contributed by atoms with E-state index in [1.54, 1.807) is 6.92 Å². The van der Waals surface area contributed by atoms with Gasteiger partial charge in [0.2, 0.25) is 5.91 Å². The van der Waals surface area contributed by atoms with Crippen molar-refractivity contribution >= 4 is 11.9 Å². The zero-order chi connectivity index (χ0) is 12.4. The summed E-state index contributed by atoms with van der Waals surface area (Å²) in [6.45, 7) is 2.43. The predicted molar refractivity (Wildman–Crippen MR) is 59.7 cm³/mol. The van der Waals surface area contributed by atoms with E-state index in [4.69, 9.17) is 5.11 Å². The Hall–Kier alpha value is -1.85. The van der Waals surface area contributed by atoms with Gasteiger partial charge in [0.1, 0.15) is 12.1 Å². The van der Waals surface area contributed by atoms with Crippen LogP contribution in [-0.2, 0) is 11.3 Å². The maximum atomic E-state index is 11.6. The van der Waals surface area contributed by atoms with E-state index < -0.39 is 5.97 Å². The van der Waals surface area contributed by atoms with Gasteiger partial charge in [-0.1, -0.05) is 0 Å². The molecule has 1 amide bonds. The Morgan fingerprint density at radius 3 is 2.82 bits per heavy atom. The smallest absolute Gasteiger partial charge is 0.339 e. The number of hydrogen-bond donors (Lipinski definition) is 2. The quantitative estimate of drug-likeness (QED) is 0.777. The zero-order valence-corrected chi connectivity index (χ0v) is 9.64. The first-order valence-electron chi connectivity index (χ1n) is 5.60. The summed E-state index contributed by atoms with van der Waals surface area (Å²) < 4.78 is 1.41. The molecule has 1 aliphatic carbocycles. The molecule has 2 N–H and O–H groups in total. The van der Waals surface area contributed by atoms with Gasteiger partial charge < -0.3 is 10.4 Å². The van der Waals surface area contributed by atoms with Gasteiger partial charge in [-0.3, -0.25) is 9.48 Å². The highest BCUT2D eigenvalue weighted by Crippen LogP contribution is 2.27. The molecular formula is C11H15N3O3. The minimum atomic E-state index is -1.02. The molecule has 0 aromatic carbocycles. The third-order valence-corrected chi connectivity index (χ3v) is 2.91. The van der Waals surface area contributed by atoms with Gasteiger partial charge in [-0.25, -0.2) is 4.79 Å². The van der Waals surface area contributed by atoms with Gasteiger partial charge in [0.15, 0.2) is 0 Å². The van der Waals surface area contributed by atoms with E-state index >= 15 is 0 Å². The second-order valence-electron chi connectivity index (χ2n) is 4.35. The predicted octanol–water partition coefficient (Wildman–Crippen LogP) is 0.416. The Bertz CT molecular complexity index is 449. The molecule has 6 heteroatoms. The summed E-state index contributed by atoms with van der Waals surface area (Å²) in [4.78, 5) is 22.3. The molecule has 1 aliphatic rings. The molecule has 1 aromatic heterocycles. The van der Waals surface area contributed by atoms with Crippen molar-refractivity contribution in [3.05, 3.63) is 17.5 Å². The Morgan fingerprint density at radius 1 is 1.59 bits per heavy atom. The lowest BCUT2D eigenvalue weighted by Crippen LogP contribution is -2.30. The van der Waals surface area contributed by atoms with Crippen LogP contribution in [0.3, 0.4) is 0 Å². The first kappa shape index (κ1) is 11.6. The summed E-state index contributed by atoms with van der Waals surface area (Å²) >= 11 is 0. The molecule has 92 valence electrons. The number of carbonyl (C=O) groups excluding carboxylic acids is 1. The first-order chi connectivity index (χ1) is 8.08. The van der Waals surface area contributed by atoms with Gasteiger partial charge in [0, 0.05) is 6.54 Å². The fraction of sp³-hybridized carbons (Fsp3) is 0.545. The Labute approximate surface area is 98.6 Å². The van der Waals surface area contributed by atoms with Crippen LogP contribution < -0.4 is 5.32 Å². The lowest BCUT2D eigenvalue weighted by molar-refractivity contribution is -0.121. The number of aromatic carboxylic acids is 1. The molecule has 0 spiro atoms. The molecule has 0 atom stereocenters. The first-order valence-corrected chi connectivity index (χ1v) is 5.60. The van der Waals surface area contributed by atoms with E-state index in [9.17, 15) is 9.59 Å². The number of carbonyl (C=O) groups is 2. The normalized spacial score (nSPS) is 14.6. The minimum absolute atomic E-state index is 0.0752. The van der Waals surface area contributed by atoms with Gasteiger partial charge in [-0.05, 0) is 25.7 Å². The van der Waals surface area contributed by atoms with E-state index in [-0.39, 0.29) is 18.0 Å². The van der Waals surface area contributed by atoms with Crippen molar-refractivity contribution in [2.45, 2.75) is 26.3 Å². The monoisotopic (exact) mass is 237 g/mol. The highest BCUT2D eigenvalue weighted by Gasteiger charge is 2.22. The summed E-state index contributed by atoms with van der Waals surface area (Å²) in [5, 5.41) is 15.5. The number of carboxylic acid groups (broad SMARTS) is 1. The van der Waals surface area contributed by atoms with E-state index in [2.05, 4.69) is 10.4 Å². The molecule has 0 aliphatic heterocycles. The minimum Gasteiger partial charge on any atom is -0.478 e. The number of aromatic nitrogens is 2. The number of rotatable bonds is 5.